The first-order chi connectivity index (χ1) is 10.7. The zero-order chi connectivity index (χ0) is 17.6. The molecule has 0 heterocycles. The number of likely N-dealkylation sites (N-methyl/N-ethyl adjacent to an activating group) is 1. The molecule has 3 N–H and O–H groups in total. The number of nitrogens with one attached hydrogen (secondary N) is 1. The normalized spacial score (nSPS) is 11.5. The number of rotatable bonds is 7. The summed E-state index contributed by atoms with van der Waals surface area (Å²) in [6.07, 6.45) is 1.18. The maximum absolute atomic E-state index is 11.9. The first-order valence-electron chi connectivity index (χ1n) is 6.71. The van der Waals surface area contributed by atoms with Gasteiger partial charge in [0, 0.05) is 17.1 Å². The molecule has 1 aromatic rings. The number of hydrogen-bond acceptors (Lipinski definition) is 4. The average molecular weight is 359 g/mol. The molecule has 0 radical (unpaired) electrons. The van der Waals surface area contributed by atoms with Crippen LogP contribution in [0.25, 0.3) is 0 Å². The maximum atomic E-state index is 11.9. The van der Waals surface area contributed by atoms with Crippen LogP contribution in [0.4, 0.5) is 0 Å². The van der Waals surface area contributed by atoms with Gasteiger partial charge in [-0.15, -0.1) is 0 Å². The van der Waals surface area contributed by atoms with Gasteiger partial charge in [-0.05, 0) is 30.2 Å². The fourth-order valence-electron chi connectivity index (χ4n) is 1.86. The Kier molecular flexibility index (Phi) is 7.58. The summed E-state index contributed by atoms with van der Waals surface area (Å²) >= 11 is 11.8. The van der Waals surface area contributed by atoms with E-state index >= 15 is 0 Å². The largest absolute Gasteiger partial charge is 0.475 e. The minimum Gasteiger partial charge on any atom is -0.426 e. The quantitative estimate of drug-likeness (QED) is 0.493. The van der Waals surface area contributed by atoms with Crippen molar-refractivity contribution in [3.8, 4) is 0 Å². The van der Waals surface area contributed by atoms with Crippen molar-refractivity contribution < 1.29 is 19.6 Å². The Morgan fingerprint density at radius 1 is 1.43 bits per heavy atom. The third kappa shape index (κ3) is 6.23. The Morgan fingerprint density at radius 2 is 2.09 bits per heavy atom. The molecule has 0 saturated heterocycles. The van der Waals surface area contributed by atoms with E-state index in [9.17, 15) is 19.6 Å². The summed E-state index contributed by atoms with van der Waals surface area (Å²) in [5, 5.41) is 22.1. The predicted octanol–water partition coefficient (Wildman–Crippen LogP) is 0.677. The Labute approximate surface area is 144 Å². The highest BCUT2D eigenvalue weighted by Gasteiger charge is 2.27. The fourth-order valence-corrected chi connectivity index (χ4v) is 2.34. The average Bonchev–Trinajstić information content (AvgIpc) is 2.47. The number of halogens is 2. The standard InChI is InChI=1S/C14H17BCl2N2O4/c1-3-14(21)19(2)8-13(20)18-12(15(22)23)6-9-4-5-10(16)7-11(9)17/h3-5,7,12,22-23H,1,6,8H2,2H3,(H,18,20). The summed E-state index contributed by atoms with van der Waals surface area (Å²) in [5.74, 6) is -1.93. The number of benzene rings is 1. The smallest absolute Gasteiger partial charge is 0.426 e. The third-order valence-electron chi connectivity index (χ3n) is 3.09. The highest BCUT2D eigenvalue weighted by molar-refractivity contribution is 6.43. The summed E-state index contributed by atoms with van der Waals surface area (Å²) in [5.41, 5.74) is 0.602. The van der Waals surface area contributed by atoms with Crippen LogP contribution in [0, 0.1) is 0 Å². The lowest BCUT2D eigenvalue weighted by molar-refractivity contribution is -0.131. The van der Waals surface area contributed by atoms with E-state index in [2.05, 4.69) is 11.9 Å². The highest BCUT2D eigenvalue weighted by Crippen LogP contribution is 2.22. The van der Waals surface area contributed by atoms with Gasteiger partial charge in [-0.1, -0.05) is 35.8 Å². The van der Waals surface area contributed by atoms with Crippen molar-refractivity contribution in [2.24, 2.45) is 0 Å². The van der Waals surface area contributed by atoms with Crippen molar-refractivity contribution in [3.05, 3.63) is 46.5 Å². The van der Waals surface area contributed by atoms with Crippen LogP contribution in [-0.4, -0.2) is 53.4 Å². The molecule has 0 aliphatic carbocycles. The Bertz CT molecular complexity index is 598. The number of amides is 2. The maximum Gasteiger partial charge on any atom is 0.475 e. The summed E-state index contributed by atoms with van der Waals surface area (Å²) in [6.45, 7) is 3.09. The molecule has 1 rings (SSSR count). The molecule has 0 bridgehead atoms. The van der Waals surface area contributed by atoms with Gasteiger partial charge in [0.05, 0.1) is 12.5 Å². The second-order valence-electron chi connectivity index (χ2n) is 4.93. The summed E-state index contributed by atoms with van der Waals surface area (Å²) in [6, 6.07) is 4.78. The van der Waals surface area contributed by atoms with E-state index < -0.39 is 24.9 Å². The summed E-state index contributed by atoms with van der Waals surface area (Å²) < 4.78 is 0. The van der Waals surface area contributed by atoms with Crippen LogP contribution < -0.4 is 5.32 Å². The SMILES string of the molecule is C=CC(=O)N(C)CC(=O)NC(Cc1ccc(Cl)cc1Cl)B(O)O. The molecule has 0 saturated carbocycles. The van der Waals surface area contributed by atoms with Gasteiger partial charge in [-0.2, -0.15) is 0 Å². The van der Waals surface area contributed by atoms with E-state index in [1.165, 1.54) is 13.1 Å². The Hall–Kier alpha value is -1.54. The first kappa shape index (κ1) is 19.5. The molecule has 2 amide bonds. The molecule has 1 unspecified atom stereocenters. The predicted molar refractivity (Wildman–Crippen MR) is 90.1 cm³/mol. The highest BCUT2D eigenvalue weighted by atomic mass is 35.5. The molecule has 124 valence electrons. The van der Waals surface area contributed by atoms with Crippen LogP contribution in [0.5, 0.6) is 0 Å². The van der Waals surface area contributed by atoms with Gasteiger partial charge >= 0.3 is 7.12 Å². The molecule has 0 aliphatic rings. The van der Waals surface area contributed by atoms with E-state index in [0.717, 1.165) is 11.0 Å². The number of carbonyl (C=O) groups is 2. The molecule has 6 nitrogen and oxygen atoms in total. The van der Waals surface area contributed by atoms with Crippen LogP contribution >= 0.6 is 23.2 Å². The molecule has 1 aromatic carbocycles. The van der Waals surface area contributed by atoms with Crippen molar-refractivity contribution in [1.29, 1.82) is 0 Å². The molecule has 1 atom stereocenters. The summed E-state index contributed by atoms with van der Waals surface area (Å²) in [4.78, 5) is 24.4. The van der Waals surface area contributed by atoms with Crippen LogP contribution in [0.15, 0.2) is 30.9 Å². The van der Waals surface area contributed by atoms with Crippen molar-refractivity contribution in [2.75, 3.05) is 13.6 Å². The Balaban J connectivity index is 2.73. The molecule has 0 aromatic heterocycles. The number of nitrogens with zero attached hydrogens (tertiary/aromatic N) is 1. The monoisotopic (exact) mass is 358 g/mol. The Morgan fingerprint density at radius 3 is 2.61 bits per heavy atom. The minimum absolute atomic E-state index is 0.0958. The molecule has 9 heteroatoms. The van der Waals surface area contributed by atoms with Gasteiger partial charge in [0.2, 0.25) is 11.8 Å². The van der Waals surface area contributed by atoms with Gasteiger partial charge in [-0.3, -0.25) is 9.59 Å². The van der Waals surface area contributed by atoms with Crippen molar-refractivity contribution in [2.45, 2.75) is 12.4 Å². The first-order valence-corrected chi connectivity index (χ1v) is 7.47. The van der Waals surface area contributed by atoms with E-state index in [1.807, 2.05) is 0 Å². The second kappa shape index (κ2) is 8.93. The van der Waals surface area contributed by atoms with E-state index in [4.69, 9.17) is 23.2 Å². The van der Waals surface area contributed by atoms with E-state index in [-0.39, 0.29) is 13.0 Å². The zero-order valence-corrected chi connectivity index (χ0v) is 14.0. The molecule has 0 fully saturated rings. The van der Waals surface area contributed by atoms with Crippen molar-refractivity contribution in [1.82, 2.24) is 10.2 Å². The van der Waals surface area contributed by atoms with Gasteiger partial charge in [0.1, 0.15) is 0 Å². The number of carbonyl (C=O) groups excluding carboxylic acids is 2. The summed E-state index contributed by atoms with van der Waals surface area (Å²) in [7, 11) is -0.351. The zero-order valence-electron chi connectivity index (χ0n) is 12.5. The van der Waals surface area contributed by atoms with Crippen LogP contribution in [0.1, 0.15) is 5.56 Å². The second-order valence-corrected chi connectivity index (χ2v) is 5.77. The molecule has 23 heavy (non-hydrogen) atoms. The molecule has 0 aliphatic heterocycles. The van der Waals surface area contributed by atoms with Crippen LogP contribution in [-0.2, 0) is 16.0 Å². The van der Waals surface area contributed by atoms with Gasteiger partial charge < -0.3 is 20.3 Å². The third-order valence-corrected chi connectivity index (χ3v) is 3.68. The lowest BCUT2D eigenvalue weighted by Gasteiger charge is -2.21. The van der Waals surface area contributed by atoms with Gasteiger partial charge in [-0.25, -0.2) is 0 Å². The van der Waals surface area contributed by atoms with Gasteiger partial charge in [0.25, 0.3) is 0 Å². The van der Waals surface area contributed by atoms with E-state index in [1.54, 1.807) is 12.1 Å². The lowest BCUT2D eigenvalue weighted by Crippen LogP contribution is -2.50. The topological polar surface area (TPSA) is 89.9 Å². The molecular formula is C14H17BCl2N2O4. The molecule has 0 spiro atoms. The fraction of sp³-hybridized carbons (Fsp3) is 0.286. The van der Waals surface area contributed by atoms with Crippen LogP contribution in [0.2, 0.25) is 10.0 Å². The van der Waals surface area contributed by atoms with Gasteiger partial charge in [0.15, 0.2) is 0 Å². The van der Waals surface area contributed by atoms with E-state index in [0.29, 0.717) is 15.6 Å². The number of hydrogen-bond donors (Lipinski definition) is 3. The van der Waals surface area contributed by atoms with Crippen molar-refractivity contribution >= 4 is 42.1 Å². The molecular weight excluding hydrogens is 342 g/mol. The lowest BCUT2D eigenvalue weighted by atomic mass is 9.76. The minimum atomic E-state index is -1.79. The van der Waals surface area contributed by atoms with Crippen molar-refractivity contribution in [3.63, 3.8) is 0 Å². The van der Waals surface area contributed by atoms with Crippen LogP contribution in [0.3, 0.4) is 0 Å².